The molecule has 0 aliphatic rings. The second-order valence-corrected chi connectivity index (χ2v) is 5.90. The van der Waals surface area contributed by atoms with Crippen molar-refractivity contribution in [1.82, 2.24) is 20.4 Å². The van der Waals surface area contributed by atoms with Crippen molar-refractivity contribution in [3.63, 3.8) is 0 Å². The maximum atomic E-state index is 4.24. The lowest BCUT2D eigenvalue weighted by atomic mass is 10.0. The van der Waals surface area contributed by atoms with E-state index < -0.39 is 0 Å². The summed E-state index contributed by atoms with van der Waals surface area (Å²) in [5.74, 6) is 1.69. The molecule has 1 aromatic heterocycles. The van der Waals surface area contributed by atoms with Gasteiger partial charge in [-0.05, 0) is 18.4 Å². The zero-order valence-electron chi connectivity index (χ0n) is 14.4. The van der Waals surface area contributed by atoms with Crippen molar-refractivity contribution in [2.75, 3.05) is 13.6 Å². The van der Waals surface area contributed by atoms with Gasteiger partial charge >= 0.3 is 0 Å². The Labute approximate surface area is 152 Å². The van der Waals surface area contributed by atoms with Gasteiger partial charge in [-0.25, -0.2) is 0 Å². The van der Waals surface area contributed by atoms with E-state index in [1.54, 1.807) is 7.05 Å². The number of rotatable bonds is 9. The van der Waals surface area contributed by atoms with E-state index in [2.05, 4.69) is 34.6 Å². The first-order valence-electron chi connectivity index (χ1n) is 8.05. The highest BCUT2D eigenvalue weighted by molar-refractivity contribution is 14.0. The van der Waals surface area contributed by atoms with E-state index in [0.717, 1.165) is 30.7 Å². The van der Waals surface area contributed by atoms with Crippen LogP contribution in [0.1, 0.15) is 51.6 Å². The summed E-state index contributed by atoms with van der Waals surface area (Å²) in [7, 11) is 3.76. The topological polar surface area (TPSA) is 54.2 Å². The van der Waals surface area contributed by atoms with E-state index in [1.807, 2.05) is 24.0 Å². The van der Waals surface area contributed by atoms with Gasteiger partial charge in [0.2, 0.25) is 0 Å². The van der Waals surface area contributed by atoms with Crippen LogP contribution in [-0.4, -0.2) is 29.3 Å². The number of halogens is 1. The third-order valence-electron chi connectivity index (χ3n) is 3.58. The minimum absolute atomic E-state index is 0. The van der Waals surface area contributed by atoms with E-state index in [1.165, 1.54) is 32.1 Å². The number of aryl methyl sites for hydroxylation is 1. The zero-order valence-corrected chi connectivity index (χ0v) is 16.8. The number of unbranched alkanes of at least 4 members (excludes halogenated alkanes) is 3. The molecule has 0 aromatic carbocycles. The van der Waals surface area contributed by atoms with Gasteiger partial charge in [0, 0.05) is 26.8 Å². The first kappa shape index (κ1) is 21.2. The predicted octanol–water partition coefficient (Wildman–Crippen LogP) is 3.31. The first-order valence-corrected chi connectivity index (χ1v) is 8.05. The Morgan fingerprint density at radius 2 is 1.95 bits per heavy atom. The quantitative estimate of drug-likeness (QED) is 0.279. The molecule has 2 N–H and O–H groups in total. The van der Waals surface area contributed by atoms with Crippen molar-refractivity contribution in [2.45, 2.75) is 52.5 Å². The number of nitrogens with zero attached hydrogens (tertiary/aromatic N) is 3. The lowest BCUT2D eigenvalue weighted by molar-refractivity contribution is 0.518. The Morgan fingerprint density at radius 3 is 2.55 bits per heavy atom. The molecule has 6 heteroatoms. The van der Waals surface area contributed by atoms with Crippen LogP contribution in [0.25, 0.3) is 0 Å². The molecule has 1 heterocycles. The Hall–Kier alpha value is -0.790. The van der Waals surface area contributed by atoms with Crippen LogP contribution in [0, 0.1) is 5.92 Å². The molecule has 22 heavy (non-hydrogen) atoms. The molecule has 0 aliphatic heterocycles. The van der Waals surface area contributed by atoms with E-state index in [9.17, 15) is 0 Å². The molecule has 5 nitrogen and oxygen atoms in total. The number of aromatic nitrogens is 2. The fourth-order valence-corrected chi connectivity index (χ4v) is 2.21. The predicted molar refractivity (Wildman–Crippen MR) is 105 cm³/mol. The monoisotopic (exact) mass is 421 g/mol. The Morgan fingerprint density at radius 1 is 1.23 bits per heavy atom. The van der Waals surface area contributed by atoms with Gasteiger partial charge in [0.1, 0.15) is 0 Å². The molecule has 0 fully saturated rings. The highest BCUT2D eigenvalue weighted by Gasteiger charge is 2.01. The molecule has 0 unspecified atom stereocenters. The van der Waals surface area contributed by atoms with Crippen molar-refractivity contribution >= 4 is 29.9 Å². The summed E-state index contributed by atoms with van der Waals surface area (Å²) in [6.45, 7) is 6.30. The van der Waals surface area contributed by atoms with Crippen LogP contribution in [0.5, 0.6) is 0 Å². The van der Waals surface area contributed by atoms with Gasteiger partial charge in [-0.1, -0.05) is 39.5 Å². The summed E-state index contributed by atoms with van der Waals surface area (Å²) >= 11 is 0. The Kier molecular flexibility index (Phi) is 12.3. The second kappa shape index (κ2) is 12.7. The van der Waals surface area contributed by atoms with Gasteiger partial charge in [-0.15, -0.1) is 24.0 Å². The molecule has 128 valence electrons. The van der Waals surface area contributed by atoms with E-state index in [0.29, 0.717) is 0 Å². The van der Waals surface area contributed by atoms with Gasteiger partial charge < -0.3 is 10.6 Å². The molecule has 0 atom stereocenters. The standard InChI is InChI=1S/C16H31N5.HI/c1-14(2)9-7-5-6-8-11-18-16(17-3)19-13-15-10-12-20-21(15)4;/h10,12,14H,5-9,11,13H2,1-4H3,(H2,17,18,19);1H. The zero-order chi connectivity index (χ0) is 15.5. The normalized spacial score (nSPS) is 11.4. The number of nitrogens with one attached hydrogen (secondary N) is 2. The number of guanidine groups is 1. The Balaban J connectivity index is 0.00000441. The second-order valence-electron chi connectivity index (χ2n) is 5.90. The SMILES string of the molecule is CN=C(NCCCCCCC(C)C)NCc1ccnn1C.I. The average molecular weight is 421 g/mol. The number of aliphatic imine (C=N–C) groups is 1. The summed E-state index contributed by atoms with van der Waals surface area (Å²) < 4.78 is 1.87. The molecular weight excluding hydrogens is 389 g/mol. The van der Waals surface area contributed by atoms with E-state index in [4.69, 9.17) is 0 Å². The summed E-state index contributed by atoms with van der Waals surface area (Å²) in [6.07, 6.45) is 8.33. The maximum absolute atomic E-state index is 4.24. The van der Waals surface area contributed by atoms with Crippen molar-refractivity contribution in [1.29, 1.82) is 0 Å². The van der Waals surface area contributed by atoms with Crippen molar-refractivity contribution in [2.24, 2.45) is 18.0 Å². The molecular formula is C16H32IN5. The lowest BCUT2D eigenvalue weighted by Gasteiger charge is -2.12. The molecule has 0 radical (unpaired) electrons. The van der Waals surface area contributed by atoms with Gasteiger partial charge in [0.05, 0.1) is 12.2 Å². The third-order valence-corrected chi connectivity index (χ3v) is 3.58. The number of hydrogen-bond donors (Lipinski definition) is 2. The minimum Gasteiger partial charge on any atom is -0.356 e. The smallest absolute Gasteiger partial charge is 0.191 e. The summed E-state index contributed by atoms with van der Waals surface area (Å²) in [5, 5.41) is 10.8. The first-order chi connectivity index (χ1) is 10.1. The molecule has 0 spiro atoms. The van der Waals surface area contributed by atoms with Crippen LogP contribution >= 0.6 is 24.0 Å². The summed E-state index contributed by atoms with van der Waals surface area (Å²) in [4.78, 5) is 4.24. The molecule has 1 aromatic rings. The van der Waals surface area contributed by atoms with E-state index in [-0.39, 0.29) is 24.0 Å². The van der Waals surface area contributed by atoms with Gasteiger partial charge in [-0.2, -0.15) is 5.10 Å². The van der Waals surface area contributed by atoms with Gasteiger partial charge in [0.15, 0.2) is 5.96 Å². The van der Waals surface area contributed by atoms with Gasteiger partial charge in [-0.3, -0.25) is 9.67 Å². The van der Waals surface area contributed by atoms with Crippen molar-refractivity contribution in [3.05, 3.63) is 18.0 Å². The average Bonchev–Trinajstić information content (AvgIpc) is 2.86. The van der Waals surface area contributed by atoms with Gasteiger partial charge in [0.25, 0.3) is 0 Å². The van der Waals surface area contributed by atoms with Crippen LogP contribution < -0.4 is 10.6 Å². The number of hydrogen-bond acceptors (Lipinski definition) is 2. The minimum atomic E-state index is 0. The molecule has 0 aliphatic carbocycles. The molecule has 0 bridgehead atoms. The fraction of sp³-hybridized carbons (Fsp3) is 0.750. The molecule has 0 saturated heterocycles. The third kappa shape index (κ3) is 9.27. The maximum Gasteiger partial charge on any atom is 0.191 e. The highest BCUT2D eigenvalue weighted by atomic mass is 127. The highest BCUT2D eigenvalue weighted by Crippen LogP contribution is 2.08. The van der Waals surface area contributed by atoms with Crippen LogP contribution in [0.2, 0.25) is 0 Å². The van der Waals surface area contributed by atoms with Crippen LogP contribution in [0.15, 0.2) is 17.3 Å². The van der Waals surface area contributed by atoms with Crippen molar-refractivity contribution in [3.8, 4) is 0 Å². The largest absolute Gasteiger partial charge is 0.356 e. The van der Waals surface area contributed by atoms with Crippen LogP contribution in [-0.2, 0) is 13.6 Å². The summed E-state index contributed by atoms with van der Waals surface area (Å²) in [5.41, 5.74) is 1.15. The van der Waals surface area contributed by atoms with Crippen LogP contribution in [0.3, 0.4) is 0 Å². The lowest BCUT2D eigenvalue weighted by Crippen LogP contribution is -2.37. The summed E-state index contributed by atoms with van der Waals surface area (Å²) in [6, 6.07) is 2.01. The van der Waals surface area contributed by atoms with Crippen molar-refractivity contribution < 1.29 is 0 Å². The molecule has 1 rings (SSSR count). The van der Waals surface area contributed by atoms with Crippen LogP contribution in [0.4, 0.5) is 0 Å². The van der Waals surface area contributed by atoms with E-state index >= 15 is 0 Å². The fourth-order valence-electron chi connectivity index (χ4n) is 2.21. The molecule has 0 saturated carbocycles. The molecule has 0 amide bonds. The Bertz CT molecular complexity index is 414.